The lowest BCUT2D eigenvalue weighted by atomic mass is 10.00. The van der Waals surface area contributed by atoms with Crippen LogP contribution in [0.2, 0.25) is 0 Å². The number of hydrogen-bond donors (Lipinski definition) is 1. The number of nitrogens with zero attached hydrogens (tertiary/aromatic N) is 1. The third-order valence-corrected chi connectivity index (χ3v) is 6.66. The first-order valence-electron chi connectivity index (χ1n) is 14.0. The van der Waals surface area contributed by atoms with E-state index < -0.39 is 6.04 Å². The van der Waals surface area contributed by atoms with Crippen LogP contribution < -0.4 is 14.8 Å². The first-order chi connectivity index (χ1) is 19.0. The van der Waals surface area contributed by atoms with Crippen molar-refractivity contribution in [1.82, 2.24) is 10.2 Å². The van der Waals surface area contributed by atoms with E-state index in [4.69, 9.17) is 9.47 Å². The van der Waals surface area contributed by atoms with Gasteiger partial charge in [-0.15, -0.1) is 0 Å². The molecule has 2 amide bonds. The van der Waals surface area contributed by atoms with E-state index in [-0.39, 0.29) is 18.2 Å². The lowest BCUT2D eigenvalue weighted by molar-refractivity contribution is -0.141. The average Bonchev–Trinajstić information content (AvgIpc) is 2.95. The number of ether oxygens (including phenoxy) is 2. The van der Waals surface area contributed by atoms with Crippen molar-refractivity contribution in [2.75, 3.05) is 19.8 Å². The van der Waals surface area contributed by atoms with Gasteiger partial charge in [0.15, 0.2) is 11.5 Å². The molecule has 208 valence electrons. The highest BCUT2D eigenvalue weighted by molar-refractivity contribution is 5.88. The fourth-order valence-corrected chi connectivity index (χ4v) is 4.54. The summed E-state index contributed by atoms with van der Waals surface area (Å²) in [6, 6.07) is 23.1. The Balaban J connectivity index is 1.89. The van der Waals surface area contributed by atoms with E-state index in [2.05, 4.69) is 5.32 Å². The normalized spacial score (nSPS) is 11.5. The first-order valence-corrected chi connectivity index (χ1v) is 14.0. The third kappa shape index (κ3) is 8.88. The Morgan fingerprint density at radius 2 is 1.54 bits per heavy atom. The molecule has 0 radical (unpaired) electrons. The number of rotatable bonds is 15. The number of hydrogen-bond acceptors (Lipinski definition) is 4. The molecule has 0 saturated heterocycles. The molecule has 1 atom stereocenters. The van der Waals surface area contributed by atoms with Crippen LogP contribution in [-0.4, -0.2) is 42.5 Å². The Morgan fingerprint density at radius 3 is 2.23 bits per heavy atom. The Morgan fingerprint density at radius 1 is 0.846 bits per heavy atom. The van der Waals surface area contributed by atoms with E-state index >= 15 is 0 Å². The van der Waals surface area contributed by atoms with E-state index in [1.165, 1.54) is 0 Å². The molecular weight excluding hydrogens is 488 g/mol. The Labute approximate surface area is 233 Å². The molecule has 3 aromatic carbocycles. The van der Waals surface area contributed by atoms with Gasteiger partial charge in [0.05, 0.1) is 13.2 Å². The highest BCUT2D eigenvalue weighted by Crippen LogP contribution is 2.29. The predicted molar refractivity (Wildman–Crippen MR) is 156 cm³/mol. The van der Waals surface area contributed by atoms with Crippen molar-refractivity contribution in [2.45, 2.75) is 66.0 Å². The van der Waals surface area contributed by atoms with Crippen LogP contribution in [0.1, 0.15) is 55.9 Å². The molecule has 0 bridgehead atoms. The highest BCUT2D eigenvalue weighted by atomic mass is 16.5. The smallest absolute Gasteiger partial charge is 0.243 e. The fourth-order valence-electron chi connectivity index (χ4n) is 4.54. The molecule has 3 aromatic rings. The molecule has 6 nitrogen and oxygen atoms in total. The molecule has 0 heterocycles. The lowest BCUT2D eigenvalue weighted by Crippen LogP contribution is -2.50. The van der Waals surface area contributed by atoms with Crippen LogP contribution in [0.5, 0.6) is 11.5 Å². The number of carbonyl (C=O) groups is 2. The number of benzene rings is 3. The molecule has 1 unspecified atom stereocenters. The molecule has 0 saturated carbocycles. The molecule has 0 aliphatic rings. The van der Waals surface area contributed by atoms with Crippen molar-refractivity contribution in [1.29, 1.82) is 0 Å². The zero-order chi connectivity index (χ0) is 28.0. The van der Waals surface area contributed by atoms with Gasteiger partial charge in [-0.3, -0.25) is 9.59 Å². The zero-order valence-corrected chi connectivity index (χ0v) is 23.7. The summed E-state index contributed by atoms with van der Waals surface area (Å²) in [7, 11) is 0. The van der Waals surface area contributed by atoms with E-state index in [9.17, 15) is 9.59 Å². The maximum absolute atomic E-state index is 13.9. The van der Waals surface area contributed by atoms with Gasteiger partial charge in [0, 0.05) is 25.9 Å². The van der Waals surface area contributed by atoms with Gasteiger partial charge < -0.3 is 19.7 Å². The average molecular weight is 531 g/mol. The lowest BCUT2D eigenvalue weighted by Gasteiger charge is -2.32. The van der Waals surface area contributed by atoms with Gasteiger partial charge >= 0.3 is 0 Å². The minimum Gasteiger partial charge on any atom is -0.490 e. The Bertz CT molecular complexity index is 1200. The first kappa shape index (κ1) is 29.8. The van der Waals surface area contributed by atoms with Gasteiger partial charge in [0.1, 0.15) is 6.04 Å². The summed E-state index contributed by atoms with van der Waals surface area (Å²) in [5, 5.41) is 3.04. The Hall–Kier alpha value is -3.80. The summed E-state index contributed by atoms with van der Waals surface area (Å²) in [5.41, 5.74) is 4.13. The van der Waals surface area contributed by atoms with Crippen molar-refractivity contribution in [2.24, 2.45) is 0 Å². The van der Waals surface area contributed by atoms with Gasteiger partial charge in [0.25, 0.3) is 0 Å². The van der Waals surface area contributed by atoms with Gasteiger partial charge in [-0.25, -0.2) is 0 Å². The highest BCUT2D eigenvalue weighted by Gasteiger charge is 2.30. The van der Waals surface area contributed by atoms with Crippen molar-refractivity contribution in [3.63, 3.8) is 0 Å². The molecule has 0 aromatic heterocycles. The molecule has 0 aliphatic carbocycles. The van der Waals surface area contributed by atoms with Gasteiger partial charge in [-0.1, -0.05) is 67.6 Å². The molecule has 0 aliphatic heterocycles. The largest absolute Gasteiger partial charge is 0.490 e. The zero-order valence-electron chi connectivity index (χ0n) is 23.7. The second-order valence-corrected chi connectivity index (χ2v) is 9.59. The minimum absolute atomic E-state index is 0.0577. The van der Waals surface area contributed by atoms with E-state index in [1.54, 1.807) is 4.90 Å². The van der Waals surface area contributed by atoms with Crippen molar-refractivity contribution in [3.05, 3.63) is 95.1 Å². The molecule has 6 heteroatoms. The van der Waals surface area contributed by atoms with E-state index in [1.807, 2.05) is 100 Å². The van der Waals surface area contributed by atoms with Crippen molar-refractivity contribution < 1.29 is 19.1 Å². The summed E-state index contributed by atoms with van der Waals surface area (Å²) < 4.78 is 11.5. The van der Waals surface area contributed by atoms with Gasteiger partial charge in [0.2, 0.25) is 11.8 Å². The third-order valence-electron chi connectivity index (χ3n) is 6.66. The predicted octanol–water partition coefficient (Wildman–Crippen LogP) is 5.89. The molecular formula is C33H42N2O4. The van der Waals surface area contributed by atoms with Gasteiger partial charge in [-0.2, -0.15) is 0 Å². The fraction of sp³-hybridized carbons (Fsp3) is 0.394. The number of amides is 2. The molecule has 0 spiro atoms. The van der Waals surface area contributed by atoms with E-state index in [0.717, 1.165) is 28.7 Å². The second-order valence-electron chi connectivity index (χ2n) is 9.59. The molecule has 1 N–H and O–H groups in total. The standard InChI is InChI=1S/C33H42N2O4/c1-5-21-34-33(37)29(22-26-14-9-8-10-15-26)35(24-28-16-12-11-13-25(28)4)32(36)20-18-27-17-19-30(38-6-2)31(23-27)39-7-3/h8-17,19,23,29H,5-7,18,20-22,24H2,1-4H3,(H,34,37). The van der Waals surface area contributed by atoms with Crippen LogP contribution >= 0.6 is 0 Å². The van der Waals surface area contributed by atoms with Crippen molar-refractivity contribution in [3.8, 4) is 11.5 Å². The number of carbonyl (C=O) groups excluding carboxylic acids is 2. The summed E-state index contributed by atoms with van der Waals surface area (Å²) in [6.07, 6.45) is 2.09. The van der Waals surface area contributed by atoms with Crippen LogP contribution in [0.15, 0.2) is 72.8 Å². The maximum Gasteiger partial charge on any atom is 0.243 e. The molecule has 0 fully saturated rings. The maximum atomic E-state index is 13.9. The van der Waals surface area contributed by atoms with Crippen molar-refractivity contribution >= 4 is 11.8 Å². The SMILES string of the molecule is CCCNC(=O)C(Cc1ccccc1)N(Cc1ccccc1C)C(=O)CCc1ccc(OCC)c(OCC)c1. The minimum atomic E-state index is -0.620. The monoisotopic (exact) mass is 530 g/mol. The van der Waals surface area contributed by atoms with Crippen LogP contribution in [0.25, 0.3) is 0 Å². The molecule has 39 heavy (non-hydrogen) atoms. The summed E-state index contributed by atoms with van der Waals surface area (Å²) in [4.78, 5) is 29.2. The number of nitrogens with one attached hydrogen (secondary N) is 1. The second kappa shape index (κ2) is 15.6. The van der Waals surface area contributed by atoms with Crippen LogP contribution in [0.4, 0.5) is 0 Å². The van der Waals surface area contributed by atoms with Gasteiger partial charge in [-0.05, 0) is 68.0 Å². The number of aryl methyl sites for hydroxylation is 2. The topological polar surface area (TPSA) is 67.9 Å². The molecule has 3 rings (SSSR count). The quantitative estimate of drug-likeness (QED) is 0.266. The summed E-state index contributed by atoms with van der Waals surface area (Å²) in [6.45, 7) is 9.96. The van der Waals surface area contributed by atoms with E-state index in [0.29, 0.717) is 50.6 Å². The summed E-state index contributed by atoms with van der Waals surface area (Å²) in [5.74, 6) is 1.20. The van der Waals surface area contributed by atoms with Crippen LogP contribution in [-0.2, 0) is 29.0 Å². The Kier molecular flexibility index (Phi) is 11.9. The van der Waals surface area contributed by atoms with Crippen LogP contribution in [0, 0.1) is 6.92 Å². The summed E-state index contributed by atoms with van der Waals surface area (Å²) >= 11 is 0. The van der Waals surface area contributed by atoms with Crippen LogP contribution in [0.3, 0.4) is 0 Å².